The number of nitrogens with zero attached hydrogens (tertiary/aromatic N) is 1. The van der Waals surface area contributed by atoms with Crippen LogP contribution in [0.5, 0.6) is 5.75 Å². The van der Waals surface area contributed by atoms with E-state index in [-0.39, 0.29) is 26.2 Å². The molecular formula is C22H18F2N2O6S2. The Morgan fingerprint density at radius 1 is 1.18 bits per heavy atom. The molecule has 1 amide bonds. The summed E-state index contributed by atoms with van der Waals surface area (Å²) in [5.41, 5.74) is 0.396. The van der Waals surface area contributed by atoms with Crippen molar-refractivity contribution in [2.24, 2.45) is 0 Å². The normalized spacial score (nSPS) is 14.4. The van der Waals surface area contributed by atoms with E-state index in [0.717, 1.165) is 23.5 Å². The van der Waals surface area contributed by atoms with Crippen molar-refractivity contribution >= 4 is 38.2 Å². The number of carboxylic acid groups (broad SMARTS) is 1. The van der Waals surface area contributed by atoms with Crippen LogP contribution in [0, 0.1) is 18.6 Å². The van der Waals surface area contributed by atoms with Gasteiger partial charge in [-0.3, -0.25) is 10.1 Å². The number of halogens is 2. The number of carbonyl (C=O) groups excluding carboxylic acids is 1. The Labute approximate surface area is 197 Å². The molecule has 8 nitrogen and oxygen atoms in total. The van der Waals surface area contributed by atoms with E-state index < -0.39 is 50.5 Å². The van der Waals surface area contributed by atoms with Gasteiger partial charge < -0.3 is 9.84 Å². The highest BCUT2D eigenvalue weighted by molar-refractivity contribution is 7.92. The molecule has 3 aromatic rings. The lowest BCUT2D eigenvalue weighted by Crippen LogP contribution is -2.26. The van der Waals surface area contributed by atoms with E-state index in [2.05, 4.69) is 10.3 Å². The van der Waals surface area contributed by atoms with Crippen LogP contribution in [0.4, 0.5) is 13.9 Å². The summed E-state index contributed by atoms with van der Waals surface area (Å²) in [6, 6.07) is 7.99. The highest BCUT2D eigenvalue weighted by atomic mass is 32.2. The average Bonchev–Trinajstić information content (AvgIpc) is 3.57. The van der Waals surface area contributed by atoms with Gasteiger partial charge in [-0.1, -0.05) is 23.5 Å². The summed E-state index contributed by atoms with van der Waals surface area (Å²) < 4.78 is 58.0. The van der Waals surface area contributed by atoms with Crippen LogP contribution in [0.25, 0.3) is 0 Å². The standard InChI is InChI=1S/C22H18F2N2O6S2/c1-11-19(21(28)29)33-22(25-11)26-20(27)18(32-17-9-4-13(23)10-16(17)24)12-2-5-14(6-3-12)34(30,31)15-7-8-15/h2-6,9-10,15,18H,7-8H2,1H3,(H,28,29)(H,25,26,27). The molecule has 34 heavy (non-hydrogen) atoms. The molecule has 1 fully saturated rings. The number of rotatable bonds is 8. The maximum Gasteiger partial charge on any atom is 0.347 e. The molecule has 1 aromatic heterocycles. The summed E-state index contributed by atoms with van der Waals surface area (Å²) in [6.45, 7) is 1.47. The Hall–Kier alpha value is -3.38. The highest BCUT2D eigenvalue weighted by Crippen LogP contribution is 2.34. The molecule has 1 heterocycles. The molecule has 1 saturated carbocycles. The number of anilines is 1. The number of aromatic nitrogens is 1. The van der Waals surface area contributed by atoms with Crippen LogP contribution < -0.4 is 10.1 Å². The second-order valence-electron chi connectivity index (χ2n) is 7.61. The smallest absolute Gasteiger partial charge is 0.347 e. The monoisotopic (exact) mass is 508 g/mol. The summed E-state index contributed by atoms with van der Waals surface area (Å²) >= 11 is 0.735. The number of benzene rings is 2. The largest absolute Gasteiger partial charge is 0.477 e. The van der Waals surface area contributed by atoms with E-state index in [9.17, 15) is 31.9 Å². The van der Waals surface area contributed by atoms with Gasteiger partial charge in [0.15, 0.2) is 26.5 Å². The third kappa shape index (κ3) is 4.92. The fraction of sp³-hybridized carbons (Fsp3) is 0.227. The number of sulfone groups is 1. The quantitative estimate of drug-likeness (QED) is 0.469. The molecule has 2 aromatic carbocycles. The summed E-state index contributed by atoms with van der Waals surface area (Å²) in [4.78, 5) is 28.3. The lowest BCUT2D eigenvalue weighted by atomic mass is 10.1. The third-order valence-electron chi connectivity index (χ3n) is 5.07. The minimum atomic E-state index is -3.46. The van der Waals surface area contributed by atoms with Gasteiger partial charge in [0.25, 0.3) is 5.91 Å². The maximum atomic E-state index is 14.2. The van der Waals surface area contributed by atoms with Crippen molar-refractivity contribution in [2.45, 2.75) is 36.0 Å². The van der Waals surface area contributed by atoms with Gasteiger partial charge in [0.2, 0.25) is 6.10 Å². The van der Waals surface area contributed by atoms with Crippen molar-refractivity contribution in [1.29, 1.82) is 0 Å². The Bertz CT molecular complexity index is 1370. The first-order chi connectivity index (χ1) is 16.1. The lowest BCUT2D eigenvalue weighted by molar-refractivity contribution is -0.123. The minimum absolute atomic E-state index is 0.0130. The van der Waals surface area contributed by atoms with Gasteiger partial charge in [0, 0.05) is 11.6 Å². The van der Waals surface area contributed by atoms with Gasteiger partial charge in [-0.2, -0.15) is 0 Å². The Morgan fingerprint density at radius 2 is 1.85 bits per heavy atom. The number of ether oxygens (including phenoxy) is 1. The number of carboxylic acids is 1. The topological polar surface area (TPSA) is 123 Å². The molecule has 1 aliphatic carbocycles. The Morgan fingerprint density at radius 3 is 2.41 bits per heavy atom. The first-order valence-corrected chi connectivity index (χ1v) is 12.4. The number of carbonyl (C=O) groups is 2. The molecule has 4 rings (SSSR count). The van der Waals surface area contributed by atoms with Crippen LogP contribution in [-0.2, 0) is 14.6 Å². The van der Waals surface area contributed by atoms with E-state index >= 15 is 0 Å². The van der Waals surface area contributed by atoms with Crippen LogP contribution in [0.1, 0.15) is 39.9 Å². The van der Waals surface area contributed by atoms with Crippen molar-refractivity contribution in [1.82, 2.24) is 4.98 Å². The third-order valence-corrected chi connectivity index (χ3v) is 8.41. The van der Waals surface area contributed by atoms with Gasteiger partial charge in [-0.25, -0.2) is 27.0 Å². The van der Waals surface area contributed by atoms with E-state index in [1.54, 1.807) is 0 Å². The Kier molecular flexibility index (Phi) is 6.36. The molecule has 0 aliphatic heterocycles. The van der Waals surface area contributed by atoms with Gasteiger partial charge in [0.05, 0.1) is 15.8 Å². The molecule has 0 saturated heterocycles. The van der Waals surface area contributed by atoms with Crippen LogP contribution in [0.15, 0.2) is 47.4 Å². The van der Waals surface area contributed by atoms with E-state index in [0.29, 0.717) is 18.9 Å². The van der Waals surface area contributed by atoms with Crippen molar-refractivity contribution in [3.8, 4) is 5.75 Å². The lowest BCUT2D eigenvalue weighted by Gasteiger charge is -2.19. The van der Waals surface area contributed by atoms with Crippen LogP contribution in [0.3, 0.4) is 0 Å². The number of aryl methyl sites for hydroxylation is 1. The Balaban J connectivity index is 1.65. The summed E-state index contributed by atoms with van der Waals surface area (Å²) in [5.74, 6) is -4.29. The van der Waals surface area contributed by atoms with Crippen LogP contribution in [-0.4, -0.2) is 35.6 Å². The van der Waals surface area contributed by atoms with Gasteiger partial charge in [-0.15, -0.1) is 0 Å². The molecule has 1 aliphatic rings. The first kappa shape index (κ1) is 23.8. The van der Waals surface area contributed by atoms with Crippen molar-refractivity contribution < 1.29 is 36.6 Å². The zero-order valence-electron chi connectivity index (χ0n) is 17.6. The fourth-order valence-electron chi connectivity index (χ4n) is 3.19. The molecule has 2 N–H and O–H groups in total. The van der Waals surface area contributed by atoms with E-state index in [1.165, 1.54) is 31.2 Å². The second kappa shape index (κ2) is 9.11. The SMILES string of the molecule is Cc1nc(NC(=O)C(Oc2ccc(F)cc2F)c2ccc(S(=O)(=O)C3CC3)cc2)sc1C(=O)O. The second-order valence-corrected chi connectivity index (χ2v) is 10.8. The number of amides is 1. The number of aromatic carboxylic acids is 1. The summed E-state index contributed by atoms with van der Waals surface area (Å²) in [7, 11) is -3.46. The zero-order valence-corrected chi connectivity index (χ0v) is 19.3. The number of nitrogens with one attached hydrogen (secondary N) is 1. The molecule has 1 unspecified atom stereocenters. The highest BCUT2D eigenvalue weighted by Gasteiger charge is 2.37. The van der Waals surface area contributed by atoms with Crippen LogP contribution >= 0.6 is 11.3 Å². The van der Waals surface area contributed by atoms with Crippen molar-refractivity contribution in [3.63, 3.8) is 0 Å². The van der Waals surface area contributed by atoms with E-state index in [4.69, 9.17) is 4.74 Å². The minimum Gasteiger partial charge on any atom is -0.477 e. The summed E-state index contributed by atoms with van der Waals surface area (Å²) in [5, 5.41) is 11.2. The maximum absolute atomic E-state index is 14.2. The summed E-state index contributed by atoms with van der Waals surface area (Å²) in [6.07, 6.45) is -0.295. The predicted octanol–water partition coefficient (Wildman–Crippen LogP) is 4.12. The molecule has 1 atom stereocenters. The number of hydrogen-bond donors (Lipinski definition) is 2. The molecule has 12 heteroatoms. The van der Waals surface area contributed by atoms with Crippen LogP contribution in [0.2, 0.25) is 0 Å². The fourth-order valence-corrected chi connectivity index (χ4v) is 5.66. The predicted molar refractivity (Wildman–Crippen MR) is 119 cm³/mol. The molecule has 0 radical (unpaired) electrons. The molecular weight excluding hydrogens is 490 g/mol. The zero-order chi connectivity index (χ0) is 24.6. The van der Waals surface area contributed by atoms with Crippen molar-refractivity contribution in [3.05, 3.63) is 70.2 Å². The van der Waals surface area contributed by atoms with Gasteiger partial charge in [0.1, 0.15) is 10.7 Å². The van der Waals surface area contributed by atoms with E-state index in [1.807, 2.05) is 0 Å². The first-order valence-electron chi connectivity index (χ1n) is 10.0. The number of thiazole rings is 1. The molecule has 178 valence electrons. The molecule has 0 bridgehead atoms. The van der Waals surface area contributed by atoms with Gasteiger partial charge >= 0.3 is 5.97 Å². The number of hydrogen-bond acceptors (Lipinski definition) is 7. The van der Waals surface area contributed by atoms with Gasteiger partial charge in [-0.05, 0) is 44.0 Å². The van der Waals surface area contributed by atoms with Crippen molar-refractivity contribution in [2.75, 3.05) is 5.32 Å². The molecule has 0 spiro atoms. The average molecular weight is 509 g/mol.